The van der Waals surface area contributed by atoms with Crippen LogP contribution in [0.3, 0.4) is 0 Å². The van der Waals surface area contributed by atoms with Crippen molar-refractivity contribution < 1.29 is 4.84 Å². The number of hydrogen-bond donors (Lipinski definition) is 0. The van der Waals surface area contributed by atoms with Crippen LogP contribution >= 0.6 is 0 Å². The Morgan fingerprint density at radius 2 is 1.77 bits per heavy atom. The van der Waals surface area contributed by atoms with E-state index in [0.29, 0.717) is 6.61 Å². The second kappa shape index (κ2) is 7.87. The number of oxime groups is 1. The Morgan fingerprint density at radius 1 is 1.08 bits per heavy atom. The Bertz CT molecular complexity index is 919. The van der Waals surface area contributed by atoms with E-state index < -0.39 is 0 Å². The van der Waals surface area contributed by atoms with Gasteiger partial charge in [-0.3, -0.25) is 0 Å². The second-order valence-electron chi connectivity index (χ2n) is 6.33. The van der Waals surface area contributed by atoms with Crippen LogP contribution in [0.25, 0.3) is 16.9 Å². The highest BCUT2D eigenvalue weighted by Gasteiger charge is 2.16. The zero-order chi connectivity index (χ0) is 18.5. The van der Waals surface area contributed by atoms with Gasteiger partial charge < -0.3 is 9.40 Å². The minimum atomic E-state index is 0.403. The normalized spacial score (nSPS) is 11.4. The fourth-order valence-electron chi connectivity index (χ4n) is 3.06. The van der Waals surface area contributed by atoms with Crippen molar-refractivity contribution in [3.8, 4) is 16.9 Å². The number of rotatable bonds is 6. The van der Waals surface area contributed by atoms with Crippen LogP contribution in [-0.2, 0) is 4.84 Å². The van der Waals surface area contributed by atoms with Crippen molar-refractivity contribution in [2.75, 3.05) is 6.61 Å². The number of aromatic nitrogens is 1. The van der Waals surface area contributed by atoms with Crippen molar-refractivity contribution in [3.63, 3.8) is 0 Å². The standard InChI is InChI=1S/C23H24N2O/c1-5-15-26-24-18(3)22-16-23(20-9-7-6-8-10-20)25(19(22)4)21-13-11-17(2)12-14-21/h5-14,16H,1,15H2,2-4H3/b24-18+. The van der Waals surface area contributed by atoms with Crippen molar-refractivity contribution in [1.29, 1.82) is 0 Å². The van der Waals surface area contributed by atoms with E-state index in [1.54, 1.807) is 6.08 Å². The van der Waals surface area contributed by atoms with E-state index in [4.69, 9.17) is 4.84 Å². The third-order valence-electron chi connectivity index (χ3n) is 4.39. The second-order valence-corrected chi connectivity index (χ2v) is 6.33. The van der Waals surface area contributed by atoms with Crippen LogP contribution < -0.4 is 0 Å². The summed E-state index contributed by atoms with van der Waals surface area (Å²) in [5, 5.41) is 4.23. The summed E-state index contributed by atoms with van der Waals surface area (Å²) < 4.78 is 2.27. The van der Waals surface area contributed by atoms with Crippen LogP contribution in [0.5, 0.6) is 0 Å². The highest BCUT2D eigenvalue weighted by atomic mass is 16.6. The minimum absolute atomic E-state index is 0.403. The molecule has 1 heterocycles. The summed E-state index contributed by atoms with van der Waals surface area (Å²) in [7, 11) is 0. The van der Waals surface area contributed by atoms with E-state index in [2.05, 4.69) is 84.7 Å². The van der Waals surface area contributed by atoms with E-state index in [0.717, 1.165) is 28.4 Å². The molecule has 0 atom stereocenters. The lowest BCUT2D eigenvalue weighted by molar-refractivity contribution is 0.175. The molecule has 0 amide bonds. The molecule has 3 aromatic rings. The smallest absolute Gasteiger partial charge is 0.135 e. The molecule has 2 aromatic carbocycles. The quantitative estimate of drug-likeness (QED) is 0.244. The van der Waals surface area contributed by atoms with Crippen LogP contribution in [0, 0.1) is 13.8 Å². The summed E-state index contributed by atoms with van der Waals surface area (Å²) >= 11 is 0. The molecule has 0 radical (unpaired) electrons. The number of nitrogens with zero attached hydrogens (tertiary/aromatic N) is 2. The zero-order valence-electron chi connectivity index (χ0n) is 15.6. The fourth-order valence-corrected chi connectivity index (χ4v) is 3.06. The van der Waals surface area contributed by atoms with E-state index in [9.17, 15) is 0 Å². The van der Waals surface area contributed by atoms with Gasteiger partial charge in [0.25, 0.3) is 0 Å². The summed E-state index contributed by atoms with van der Waals surface area (Å²) in [6, 6.07) is 21.2. The maximum atomic E-state index is 5.29. The Labute approximate surface area is 155 Å². The first kappa shape index (κ1) is 17.7. The van der Waals surface area contributed by atoms with Crippen LogP contribution in [-0.4, -0.2) is 16.9 Å². The van der Waals surface area contributed by atoms with Crippen molar-refractivity contribution in [3.05, 3.63) is 90.1 Å². The van der Waals surface area contributed by atoms with Gasteiger partial charge in [0.2, 0.25) is 0 Å². The third-order valence-corrected chi connectivity index (χ3v) is 4.39. The van der Waals surface area contributed by atoms with Crippen LogP contribution in [0.2, 0.25) is 0 Å². The van der Waals surface area contributed by atoms with Gasteiger partial charge in [-0.1, -0.05) is 65.8 Å². The lowest BCUT2D eigenvalue weighted by atomic mass is 10.1. The molecule has 1 aromatic heterocycles. The van der Waals surface area contributed by atoms with Crippen molar-refractivity contribution >= 4 is 5.71 Å². The fraction of sp³-hybridized carbons (Fsp3) is 0.174. The topological polar surface area (TPSA) is 26.5 Å². The molecule has 0 aliphatic carbocycles. The molecule has 26 heavy (non-hydrogen) atoms. The molecule has 0 spiro atoms. The summed E-state index contributed by atoms with van der Waals surface area (Å²) in [5.74, 6) is 0. The number of aryl methyl sites for hydroxylation is 1. The Kier molecular flexibility index (Phi) is 5.37. The van der Waals surface area contributed by atoms with E-state index in [-0.39, 0.29) is 0 Å². The number of hydrogen-bond acceptors (Lipinski definition) is 2. The van der Waals surface area contributed by atoms with Gasteiger partial charge in [0, 0.05) is 16.9 Å². The molecule has 0 aliphatic rings. The molecule has 3 nitrogen and oxygen atoms in total. The summed E-state index contributed by atoms with van der Waals surface area (Å²) in [6.45, 7) is 10.2. The molecule has 0 fully saturated rings. The van der Waals surface area contributed by atoms with Crippen molar-refractivity contribution in [2.45, 2.75) is 20.8 Å². The van der Waals surface area contributed by atoms with E-state index in [1.807, 2.05) is 13.0 Å². The highest BCUT2D eigenvalue weighted by Crippen LogP contribution is 2.30. The summed E-state index contributed by atoms with van der Waals surface area (Å²) in [6.07, 6.45) is 1.69. The number of benzene rings is 2. The lowest BCUT2D eigenvalue weighted by Gasteiger charge is -2.13. The molecular weight excluding hydrogens is 320 g/mol. The Hall–Kier alpha value is -3.07. The molecule has 3 heteroatoms. The maximum absolute atomic E-state index is 5.29. The highest BCUT2D eigenvalue weighted by molar-refractivity contribution is 6.01. The van der Waals surface area contributed by atoms with Gasteiger partial charge in [-0.15, -0.1) is 0 Å². The van der Waals surface area contributed by atoms with Gasteiger partial charge in [0.05, 0.1) is 11.4 Å². The van der Waals surface area contributed by atoms with Gasteiger partial charge in [0.1, 0.15) is 6.61 Å². The van der Waals surface area contributed by atoms with Gasteiger partial charge in [-0.05, 0) is 44.5 Å². The average molecular weight is 344 g/mol. The van der Waals surface area contributed by atoms with Gasteiger partial charge in [-0.2, -0.15) is 0 Å². The average Bonchev–Trinajstić information content (AvgIpc) is 3.01. The molecule has 0 aliphatic heterocycles. The van der Waals surface area contributed by atoms with Gasteiger partial charge in [-0.25, -0.2) is 0 Å². The molecule has 3 rings (SSSR count). The van der Waals surface area contributed by atoms with Crippen LogP contribution in [0.4, 0.5) is 0 Å². The predicted molar refractivity (Wildman–Crippen MR) is 109 cm³/mol. The zero-order valence-corrected chi connectivity index (χ0v) is 15.6. The monoisotopic (exact) mass is 344 g/mol. The maximum Gasteiger partial charge on any atom is 0.135 e. The Morgan fingerprint density at radius 3 is 2.42 bits per heavy atom. The summed E-state index contributed by atoms with van der Waals surface area (Å²) in [5.41, 5.74) is 7.76. The molecular formula is C23H24N2O. The molecule has 0 N–H and O–H groups in total. The van der Waals surface area contributed by atoms with Crippen LogP contribution in [0.1, 0.15) is 23.7 Å². The molecule has 0 bridgehead atoms. The van der Waals surface area contributed by atoms with Crippen LogP contribution in [0.15, 0.2) is 78.5 Å². The first-order chi connectivity index (χ1) is 12.6. The largest absolute Gasteiger partial charge is 0.391 e. The minimum Gasteiger partial charge on any atom is -0.391 e. The third kappa shape index (κ3) is 3.62. The lowest BCUT2D eigenvalue weighted by Crippen LogP contribution is -2.02. The molecule has 0 unspecified atom stereocenters. The van der Waals surface area contributed by atoms with E-state index >= 15 is 0 Å². The van der Waals surface area contributed by atoms with Crippen molar-refractivity contribution in [2.24, 2.45) is 5.16 Å². The molecule has 132 valence electrons. The molecule has 0 saturated heterocycles. The van der Waals surface area contributed by atoms with Crippen molar-refractivity contribution in [1.82, 2.24) is 4.57 Å². The first-order valence-electron chi connectivity index (χ1n) is 8.74. The van der Waals surface area contributed by atoms with Gasteiger partial charge >= 0.3 is 0 Å². The Balaban J connectivity index is 2.16. The molecule has 0 saturated carbocycles. The predicted octanol–water partition coefficient (Wildman–Crippen LogP) is 5.69. The first-order valence-corrected chi connectivity index (χ1v) is 8.74. The van der Waals surface area contributed by atoms with Gasteiger partial charge in [0.15, 0.2) is 0 Å². The summed E-state index contributed by atoms with van der Waals surface area (Å²) in [4.78, 5) is 5.29. The SMILES string of the molecule is C=CCO/N=C(\C)c1cc(-c2ccccc2)n(-c2ccc(C)cc2)c1C. The van der Waals surface area contributed by atoms with E-state index in [1.165, 1.54) is 11.1 Å².